The fourth-order valence-electron chi connectivity index (χ4n) is 3.65. The highest BCUT2D eigenvalue weighted by Crippen LogP contribution is 2.29. The number of aliphatic carboxylic acids is 2. The molecule has 1 aromatic carbocycles. The Morgan fingerprint density at radius 1 is 0.857 bits per heavy atom. The quantitative estimate of drug-likeness (QED) is 0.0860. The smallest absolute Gasteiger partial charge is 0.329 e. The summed E-state index contributed by atoms with van der Waals surface area (Å²) in [6.07, 6.45) is 1.65. The molecule has 19 heteroatoms. The molecule has 0 radical (unpaired) electrons. The van der Waals surface area contributed by atoms with Crippen LogP contribution in [-0.4, -0.2) is 120 Å². The Kier molecular flexibility index (Phi) is 18.9. The maximum atomic E-state index is 12.9. The van der Waals surface area contributed by atoms with E-state index >= 15 is 0 Å². The van der Waals surface area contributed by atoms with Crippen LogP contribution in [0.2, 0.25) is 5.02 Å². The van der Waals surface area contributed by atoms with Crippen molar-refractivity contribution < 1.29 is 61.5 Å². The Hall–Kier alpha value is -4.07. The summed E-state index contributed by atoms with van der Waals surface area (Å²) in [5.74, 6) is -2.56. The first-order valence-corrected chi connectivity index (χ1v) is 16.9. The highest BCUT2D eigenvalue weighted by molar-refractivity contribution is 7.92. The standard InChI is InChI=1S/C30H41ClN4O13S/c1-21(2-7-28(37)38)18-48-25-5-4-23(16-24(25)31)49(42,43)35-26-6-3-22(17-34-26)30(41)33-9-11-45-12-14-46-19-27(36)32-8-10-44-13-15-47-20-29(39)40/h3-6,16-17,21H,2,7-15,18-20H2,1H3,(H,32,36)(H,33,41)(H,34,35)(H,37,38)(H,39,40). The number of nitrogens with one attached hydrogen (secondary N) is 3. The molecule has 2 aromatic rings. The van der Waals surface area contributed by atoms with E-state index in [1.165, 1.54) is 36.5 Å². The first kappa shape index (κ1) is 41.1. The molecule has 0 bridgehead atoms. The van der Waals surface area contributed by atoms with Crippen molar-refractivity contribution in [3.63, 3.8) is 0 Å². The van der Waals surface area contributed by atoms with E-state index in [0.717, 1.165) is 0 Å². The maximum Gasteiger partial charge on any atom is 0.329 e. The molecule has 0 spiro atoms. The fraction of sp³-hybridized carbons (Fsp3) is 0.500. The molecule has 1 unspecified atom stereocenters. The second-order valence-electron chi connectivity index (χ2n) is 10.3. The van der Waals surface area contributed by atoms with Crippen LogP contribution in [0.5, 0.6) is 5.75 Å². The zero-order valence-electron chi connectivity index (χ0n) is 26.9. The van der Waals surface area contributed by atoms with Crippen LogP contribution in [0.1, 0.15) is 30.1 Å². The molecule has 1 heterocycles. The van der Waals surface area contributed by atoms with Gasteiger partial charge in [0, 0.05) is 25.7 Å². The highest BCUT2D eigenvalue weighted by Gasteiger charge is 2.18. The molecule has 0 fully saturated rings. The van der Waals surface area contributed by atoms with Crippen LogP contribution in [0.4, 0.5) is 5.82 Å². The molecular weight excluding hydrogens is 692 g/mol. The molecule has 1 aromatic heterocycles. The second kappa shape index (κ2) is 22.5. The van der Waals surface area contributed by atoms with Gasteiger partial charge in [-0.25, -0.2) is 18.2 Å². The van der Waals surface area contributed by atoms with Crippen LogP contribution >= 0.6 is 11.6 Å². The zero-order valence-corrected chi connectivity index (χ0v) is 28.4. The van der Waals surface area contributed by atoms with Gasteiger partial charge in [0.05, 0.1) is 61.7 Å². The monoisotopic (exact) mass is 732 g/mol. The van der Waals surface area contributed by atoms with Gasteiger partial charge >= 0.3 is 11.9 Å². The molecule has 49 heavy (non-hydrogen) atoms. The Morgan fingerprint density at radius 3 is 2.12 bits per heavy atom. The molecule has 0 aliphatic rings. The van der Waals surface area contributed by atoms with Crippen LogP contribution in [0.3, 0.4) is 0 Å². The molecule has 17 nitrogen and oxygen atoms in total. The lowest BCUT2D eigenvalue weighted by Crippen LogP contribution is -2.31. The summed E-state index contributed by atoms with van der Waals surface area (Å²) in [6.45, 7) is 3.01. The lowest BCUT2D eigenvalue weighted by atomic mass is 10.1. The predicted molar refractivity (Wildman–Crippen MR) is 174 cm³/mol. The van der Waals surface area contributed by atoms with E-state index in [-0.39, 0.29) is 111 Å². The van der Waals surface area contributed by atoms with Crippen molar-refractivity contribution in [1.82, 2.24) is 15.6 Å². The number of rotatable bonds is 26. The molecule has 0 aliphatic carbocycles. The van der Waals surface area contributed by atoms with Gasteiger partial charge in [0.15, 0.2) is 0 Å². The van der Waals surface area contributed by atoms with Gasteiger partial charge in [-0.1, -0.05) is 18.5 Å². The number of ether oxygens (including phenoxy) is 5. The van der Waals surface area contributed by atoms with Gasteiger partial charge in [0.25, 0.3) is 15.9 Å². The van der Waals surface area contributed by atoms with E-state index in [2.05, 4.69) is 20.3 Å². The van der Waals surface area contributed by atoms with Crippen molar-refractivity contribution in [2.45, 2.75) is 24.7 Å². The minimum atomic E-state index is -4.07. The maximum absolute atomic E-state index is 12.9. The number of amides is 2. The molecule has 0 aliphatic heterocycles. The number of carboxylic acid groups (broad SMARTS) is 2. The molecule has 2 rings (SSSR count). The van der Waals surface area contributed by atoms with Crippen LogP contribution in [0.15, 0.2) is 41.4 Å². The number of sulfonamides is 1. The lowest BCUT2D eigenvalue weighted by molar-refractivity contribution is -0.143. The zero-order chi connectivity index (χ0) is 36.1. The van der Waals surface area contributed by atoms with Gasteiger partial charge in [0.1, 0.15) is 24.8 Å². The van der Waals surface area contributed by atoms with Crippen molar-refractivity contribution in [1.29, 1.82) is 0 Å². The molecular formula is C30H41ClN4O13S. The van der Waals surface area contributed by atoms with E-state index in [1.807, 2.05) is 6.92 Å². The largest absolute Gasteiger partial charge is 0.492 e. The van der Waals surface area contributed by atoms with Crippen molar-refractivity contribution in [2.24, 2.45) is 5.92 Å². The normalized spacial score (nSPS) is 11.8. The van der Waals surface area contributed by atoms with E-state index in [1.54, 1.807) is 0 Å². The third kappa shape index (κ3) is 17.8. The van der Waals surface area contributed by atoms with Crippen LogP contribution in [0.25, 0.3) is 0 Å². The lowest BCUT2D eigenvalue weighted by Gasteiger charge is -2.14. The number of nitrogens with zero attached hydrogens (tertiary/aromatic N) is 1. The number of benzene rings is 1. The number of carbonyl (C=O) groups is 4. The molecule has 272 valence electrons. The average Bonchev–Trinajstić information content (AvgIpc) is 3.05. The number of pyridine rings is 1. The van der Waals surface area contributed by atoms with Gasteiger partial charge in [-0.2, -0.15) is 0 Å². The van der Waals surface area contributed by atoms with Gasteiger partial charge < -0.3 is 44.5 Å². The Bertz CT molecular complexity index is 1460. The Morgan fingerprint density at radius 2 is 1.51 bits per heavy atom. The van der Waals surface area contributed by atoms with E-state index in [9.17, 15) is 27.6 Å². The van der Waals surface area contributed by atoms with E-state index in [4.69, 9.17) is 45.5 Å². The minimum absolute atomic E-state index is 0.0112. The number of halogens is 1. The summed E-state index contributed by atoms with van der Waals surface area (Å²) in [5, 5.41) is 22.5. The molecule has 0 saturated carbocycles. The molecule has 5 N–H and O–H groups in total. The number of anilines is 1. The summed E-state index contributed by atoms with van der Waals surface area (Å²) in [7, 11) is -4.07. The number of carboxylic acids is 2. The molecule has 0 saturated heterocycles. The van der Waals surface area contributed by atoms with E-state index in [0.29, 0.717) is 6.42 Å². The SMILES string of the molecule is CC(CCC(=O)O)COc1ccc(S(=O)(=O)Nc2ccc(C(=O)NCCOCCOCC(=O)NCCOCCOCC(=O)O)cn2)cc1Cl. The highest BCUT2D eigenvalue weighted by atomic mass is 35.5. The summed E-state index contributed by atoms with van der Waals surface area (Å²) < 4.78 is 54.2. The van der Waals surface area contributed by atoms with Gasteiger partial charge in [-0.05, 0) is 42.7 Å². The third-order valence-corrected chi connectivity index (χ3v) is 7.80. The summed E-state index contributed by atoms with van der Waals surface area (Å²) in [5.41, 5.74) is 0.191. The fourth-order valence-corrected chi connectivity index (χ4v) is 4.99. The number of hydrogen-bond acceptors (Lipinski definition) is 12. The first-order chi connectivity index (χ1) is 23.4. The minimum Gasteiger partial charge on any atom is -0.492 e. The summed E-state index contributed by atoms with van der Waals surface area (Å²) in [6, 6.07) is 6.68. The molecule has 1 atom stereocenters. The topological polar surface area (TPSA) is 238 Å². The Balaban J connectivity index is 1.61. The van der Waals surface area contributed by atoms with Gasteiger partial charge in [-0.3, -0.25) is 19.1 Å². The van der Waals surface area contributed by atoms with Crippen molar-refractivity contribution in [3.8, 4) is 5.75 Å². The van der Waals surface area contributed by atoms with Crippen LogP contribution in [-0.2, 0) is 43.4 Å². The average molecular weight is 733 g/mol. The number of hydrogen-bond donors (Lipinski definition) is 5. The van der Waals surface area contributed by atoms with Crippen molar-refractivity contribution >= 4 is 51.2 Å². The van der Waals surface area contributed by atoms with Crippen LogP contribution < -0.4 is 20.1 Å². The number of carbonyl (C=O) groups excluding carboxylic acids is 2. The first-order valence-electron chi connectivity index (χ1n) is 15.1. The van der Waals surface area contributed by atoms with Crippen molar-refractivity contribution in [3.05, 3.63) is 47.1 Å². The third-order valence-electron chi connectivity index (χ3n) is 6.16. The van der Waals surface area contributed by atoms with E-state index < -0.39 is 34.5 Å². The van der Waals surface area contributed by atoms with Crippen LogP contribution in [0, 0.1) is 5.92 Å². The van der Waals surface area contributed by atoms with Crippen molar-refractivity contribution in [2.75, 3.05) is 77.3 Å². The second-order valence-corrected chi connectivity index (χ2v) is 12.4. The Labute approximate surface area is 288 Å². The predicted octanol–water partition coefficient (Wildman–Crippen LogP) is 1.41. The van der Waals surface area contributed by atoms with Gasteiger partial charge in [-0.15, -0.1) is 0 Å². The summed E-state index contributed by atoms with van der Waals surface area (Å²) >= 11 is 6.22. The summed E-state index contributed by atoms with van der Waals surface area (Å²) in [4.78, 5) is 49.0. The number of aromatic nitrogens is 1. The molecule has 2 amide bonds. The van der Waals surface area contributed by atoms with Gasteiger partial charge in [0.2, 0.25) is 5.91 Å².